The minimum Gasteiger partial charge on any atom is -0.350 e. The van der Waals surface area contributed by atoms with Crippen LogP contribution in [0.2, 0.25) is 0 Å². The van der Waals surface area contributed by atoms with E-state index in [0.29, 0.717) is 0 Å². The summed E-state index contributed by atoms with van der Waals surface area (Å²) < 4.78 is 0. The largest absolute Gasteiger partial charge is 0.350 e. The summed E-state index contributed by atoms with van der Waals surface area (Å²) in [5.74, 6) is 0.264. The van der Waals surface area contributed by atoms with E-state index in [9.17, 15) is 4.79 Å². The van der Waals surface area contributed by atoms with Crippen molar-refractivity contribution in [3.63, 3.8) is 0 Å². The van der Waals surface area contributed by atoms with Crippen molar-refractivity contribution in [3.05, 3.63) is 0 Å². The molecule has 0 rings (SSSR count). The van der Waals surface area contributed by atoms with Crippen LogP contribution in [0.5, 0.6) is 0 Å². The van der Waals surface area contributed by atoms with Crippen molar-refractivity contribution in [1.82, 2.24) is 5.43 Å². The van der Waals surface area contributed by atoms with E-state index in [0.717, 1.165) is 0 Å². The Morgan fingerprint density at radius 3 is 3.00 bits per heavy atom. The van der Waals surface area contributed by atoms with Crippen LogP contribution in [0.1, 0.15) is 0 Å². The SMILES string of the molecule is NC(=O)N/N=C\CCl. The maximum absolute atomic E-state index is 9.83. The number of carbonyl (C=O) groups is 1. The van der Waals surface area contributed by atoms with Gasteiger partial charge in [0.1, 0.15) is 0 Å². The fourth-order valence-electron chi connectivity index (χ4n) is 0.144. The molecule has 2 amide bonds. The van der Waals surface area contributed by atoms with E-state index in [-0.39, 0.29) is 5.88 Å². The first-order valence-corrected chi connectivity index (χ1v) is 2.43. The second kappa shape index (κ2) is 4.39. The van der Waals surface area contributed by atoms with Gasteiger partial charge in [0.2, 0.25) is 0 Å². The van der Waals surface area contributed by atoms with Gasteiger partial charge in [-0.25, -0.2) is 10.2 Å². The molecule has 0 aromatic heterocycles. The van der Waals surface area contributed by atoms with Crippen LogP contribution >= 0.6 is 11.6 Å². The number of hydrogen-bond donors (Lipinski definition) is 2. The van der Waals surface area contributed by atoms with Crippen molar-refractivity contribution in [3.8, 4) is 0 Å². The van der Waals surface area contributed by atoms with Gasteiger partial charge < -0.3 is 5.73 Å². The highest BCUT2D eigenvalue weighted by molar-refractivity contribution is 6.24. The molecule has 46 valence electrons. The van der Waals surface area contributed by atoms with Gasteiger partial charge in [0.05, 0.1) is 5.88 Å². The van der Waals surface area contributed by atoms with Gasteiger partial charge in [-0.1, -0.05) is 0 Å². The average molecular weight is 136 g/mol. The maximum atomic E-state index is 9.83. The van der Waals surface area contributed by atoms with Gasteiger partial charge in [-0.05, 0) is 0 Å². The molecule has 3 N–H and O–H groups in total. The number of alkyl halides is 1. The number of nitrogens with two attached hydrogens (primary N) is 1. The Morgan fingerprint density at radius 1 is 2.00 bits per heavy atom. The normalized spacial score (nSPS) is 9.62. The Morgan fingerprint density at radius 2 is 2.62 bits per heavy atom. The lowest BCUT2D eigenvalue weighted by Crippen LogP contribution is -2.24. The van der Waals surface area contributed by atoms with E-state index in [1.165, 1.54) is 6.21 Å². The molecule has 0 aromatic rings. The Labute approximate surface area is 51.7 Å². The van der Waals surface area contributed by atoms with Gasteiger partial charge in [-0.15, -0.1) is 11.6 Å². The summed E-state index contributed by atoms with van der Waals surface area (Å²) in [7, 11) is 0. The topological polar surface area (TPSA) is 67.5 Å². The highest BCUT2D eigenvalue weighted by atomic mass is 35.5. The van der Waals surface area contributed by atoms with E-state index >= 15 is 0 Å². The standard InChI is InChI=1S/C3H6ClN3O/c4-1-2-6-7-3(5)8/h2H,1H2,(H3,5,7,8)/b6-2-. The van der Waals surface area contributed by atoms with Crippen molar-refractivity contribution in [2.45, 2.75) is 0 Å². The minimum absolute atomic E-state index is 0.264. The van der Waals surface area contributed by atoms with E-state index in [1.54, 1.807) is 0 Å². The molecule has 0 heterocycles. The van der Waals surface area contributed by atoms with E-state index < -0.39 is 6.03 Å². The molecule has 0 radical (unpaired) electrons. The summed E-state index contributed by atoms with van der Waals surface area (Å²) >= 11 is 5.14. The molecule has 0 unspecified atom stereocenters. The van der Waals surface area contributed by atoms with Gasteiger partial charge in [0, 0.05) is 6.21 Å². The van der Waals surface area contributed by atoms with Gasteiger partial charge in [-0.3, -0.25) is 0 Å². The minimum atomic E-state index is -0.689. The molecule has 0 saturated carbocycles. The third-order valence-corrected chi connectivity index (χ3v) is 0.473. The quantitative estimate of drug-likeness (QED) is 0.309. The van der Waals surface area contributed by atoms with Crippen molar-refractivity contribution in [2.75, 3.05) is 5.88 Å². The zero-order chi connectivity index (χ0) is 6.41. The first-order valence-electron chi connectivity index (χ1n) is 1.90. The second-order valence-corrected chi connectivity index (χ2v) is 1.25. The number of nitrogens with one attached hydrogen (secondary N) is 1. The summed E-state index contributed by atoms with van der Waals surface area (Å²) in [6.45, 7) is 0. The number of primary amides is 1. The first kappa shape index (κ1) is 7.23. The molecular formula is C3H6ClN3O. The van der Waals surface area contributed by atoms with E-state index in [4.69, 9.17) is 11.6 Å². The lowest BCUT2D eigenvalue weighted by molar-refractivity contribution is 0.249. The molecule has 0 spiro atoms. The van der Waals surface area contributed by atoms with Crippen LogP contribution in [0.25, 0.3) is 0 Å². The van der Waals surface area contributed by atoms with Crippen molar-refractivity contribution in [1.29, 1.82) is 0 Å². The predicted molar refractivity (Wildman–Crippen MR) is 31.9 cm³/mol. The van der Waals surface area contributed by atoms with Crippen molar-refractivity contribution >= 4 is 23.8 Å². The highest BCUT2D eigenvalue weighted by Gasteiger charge is 1.80. The number of nitrogens with zero attached hydrogens (tertiary/aromatic N) is 1. The fraction of sp³-hybridized carbons (Fsp3) is 0.333. The van der Waals surface area contributed by atoms with Crippen LogP contribution in [0.3, 0.4) is 0 Å². The Balaban J connectivity index is 3.16. The smallest absolute Gasteiger partial charge is 0.332 e. The summed E-state index contributed by atoms with van der Waals surface area (Å²) in [5.41, 5.74) is 6.60. The summed E-state index contributed by atoms with van der Waals surface area (Å²) in [5, 5.41) is 3.31. The number of rotatable bonds is 2. The Hall–Kier alpha value is -0.770. The number of carbonyl (C=O) groups excluding carboxylic acids is 1. The van der Waals surface area contributed by atoms with Crippen LogP contribution in [-0.4, -0.2) is 18.1 Å². The van der Waals surface area contributed by atoms with Gasteiger partial charge in [0.15, 0.2) is 0 Å². The van der Waals surface area contributed by atoms with Crippen LogP contribution < -0.4 is 11.2 Å². The number of urea groups is 1. The van der Waals surface area contributed by atoms with Crippen molar-refractivity contribution < 1.29 is 4.79 Å². The predicted octanol–water partition coefficient (Wildman–Crippen LogP) is -0.121. The first-order chi connectivity index (χ1) is 3.77. The summed E-state index contributed by atoms with van der Waals surface area (Å²) in [4.78, 5) is 9.83. The molecule has 4 nitrogen and oxygen atoms in total. The lowest BCUT2D eigenvalue weighted by atomic mass is 10.9. The number of hydrogen-bond acceptors (Lipinski definition) is 2. The second-order valence-electron chi connectivity index (χ2n) is 0.942. The molecule has 5 heteroatoms. The third kappa shape index (κ3) is 5.23. The van der Waals surface area contributed by atoms with Crippen LogP contribution in [0.15, 0.2) is 5.10 Å². The van der Waals surface area contributed by atoms with Gasteiger partial charge in [0.25, 0.3) is 0 Å². The molecule has 0 aliphatic heterocycles. The molecular weight excluding hydrogens is 130 g/mol. The molecule has 0 aromatic carbocycles. The van der Waals surface area contributed by atoms with Gasteiger partial charge in [-0.2, -0.15) is 5.10 Å². The Bertz CT molecular complexity index is 103. The summed E-state index contributed by atoms with van der Waals surface area (Å²) in [6, 6.07) is -0.689. The van der Waals surface area contributed by atoms with Crippen molar-refractivity contribution in [2.24, 2.45) is 10.8 Å². The molecule has 8 heavy (non-hydrogen) atoms. The molecule has 0 saturated heterocycles. The van der Waals surface area contributed by atoms with E-state index in [1.807, 2.05) is 5.43 Å². The number of amides is 2. The monoisotopic (exact) mass is 135 g/mol. The van der Waals surface area contributed by atoms with Gasteiger partial charge >= 0.3 is 6.03 Å². The maximum Gasteiger partial charge on any atom is 0.332 e. The van der Waals surface area contributed by atoms with Crippen LogP contribution in [-0.2, 0) is 0 Å². The Kier molecular flexibility index (Phi) is 3.97. The third-order valence-electron chi connectivity index (χ3n) is 0.335. The summed E-state index contributed by atoms with van der Waals surface area (Å²) in [6.07, 6.45) is 1.33. The number of halogens is 1. The highest BCUT2D eigenvalue weighted by Crippen LogP contribution is 1.64. The molecule has 0 aliphatic rings. The van der Waals surface area contributed by atoms with E-state index in [2.05, 4.69) is 10.8 Å². The fourth-order valence-corrected chi connectivity index (χ4v) is 0.213. The lowest BCUT2D eigenvalue weighted by Gasteiger charge is -1.86. The van der Waals surface area contributed by atoms with Crippen LogP contribution in [0, 0.1) is 0 Å². The molecule has 0 aliphatic carbocycles. The molecule has 0 atom stereocenters. The van der Waals surface area contributed by atoms with Crippen LogP contribution in [0.4, 0.5) is 4.79 Å². The molecule has 0 bridgehead atoms. The zero-order valence-corrected chi connectivity index (χ0v) is 4.85. The molecule has 0 fully saturated rings. The number of hydrazone groups is 1. The average Bonchev–Trinajstić information content (AvgIpc) is 1.66. The zero-order valence-electron chi connectivity index (χ0n) is 4.10.